The van der Waals surface area contributed by atoms with E-state index in [1.54, 1.807) is 4.90 Å². The standard InChI is InChI=1S/C10H19Cl2NO/c1-4-5-6-7-13(8(2)3)10(14)9(11)12/h8-9H,4-7H2,1-3H3. The molecule has 0 fully saturated rings. The molecule has 4 heteroatoms. The van der Waals surface area contributed by atoms with Gasteiger partial charge in [0.1, 0.15) is 0 Å². The van der Waals surface area contributed by atoms with Crippen LogP contribution in [0.4, 0.5) is 0 Å². The molecule has 1 amide bonds. The molecule has 2 nitrogen and oxygen atoms in total. The van der Waals surface area contributed by atoms with Gasteiger partial charge >= 0.3 is 0 Å². The molecule has 0 heterocycles. The van der Waals surface area contributed by atoms with E-state index in [1.165, 1.54) is 0 Å². The van der Waals surface area contributed by atoms with Crippen LogP contribution in [0.5, 0.6) is 0 Å². The lowest BCUT2D eigenvalue weighted by atomic mass is 10.2. The fourth-order valence-electron chi connectivity index (χ4n) is 1.28. The van der Waals surface area contributed by atoms with Crippen molar-refractivity contribution in [2.24, 2.45) is 0 Å². The molecule has 0 spiro atoms. The lowest BCUT2D eigenvalue weighted by Gasteiger charge is -2.27. The molecule has 14 heavy (non-hydrogen) atoms. The highest BCUT2D eigenvalue weighted by Crippen LogP contribution is 2.11. The molecule has 0 aliphatic heterocycles. The topological polar surface area (TPSA) is 20.3 Å². The maximum Gasteiger partial charge on any atom is 0.256 e. The second-order valence-electron chi connectivity index (χ2n) is 3.63. The molecule has 0 radical (unpaired) electrons. The van der Waals surface area contributed by atoms with Gasteiger partial charge in [0.05, 0.1) is 0 Å². The Labute approximate surface area is 96.6 Å². The van der Waals surface area contributed by atoms with Crippen molar-refractivity contribution in [1.29, 1.82) is 0 Å². The van der Waals surface area contributed by atoms with Crippen LogP contribution in [-0.2, 0) is 4.79 Å². The Morgan fingerprint density at radius 1 is 1.29 bits per heavy atom. The Kier molecular flexibility index (Phi) is 7.38. The number of carbonyl (C=O) groups is 1. The second kappa shape index (κ2) is 7.36. The average Bonchev–Trinajstić information content (AvgIpc) is 2.10. The van der Waals surface area contributed by atoms with E-state index in [4.69, 9.17) is 23.2 Å². The normalized spacial score (nSPS) is 11.1. The molecule has 0 aromatic heterocycles. The van der Waals surface area contributed by atoms with Crippen molar-refractivity contribution in [3.05, 3.63) is 0 Å². The number of rotatable bonds is 6. The third kappa shape index (κ3) is 5.06. The first kappa shape index (κ1) is 14.1. The van der Waals surface area contributed by atoms with Crippen molar-refractivity contribution < 1.29 is 4.79 Å². The van der Waals surface area contributed by atoms with Crippen LogP contribution in [0, 0.1) is 0 Å². The maximum absolute atomic E-state index is 11.5. The highest BCUT2D eigenvalue weighted by Gasteiger charge is 2.21. The third-order valence-electron chi connectivity index (χ3n) is 2.10. The van der Waals surface area contributed by atoms with Crippen LogP contribution < -0.4 is 0 Å². The van der Waals surface area contributed by atoms with E-state index < -0.39 is 4.84 Å². The number of halogens is 2. The molecule has 0 atom stereocenters. The van der Waals surface area contributed by atoms with E-state index in [0.717, 1.165) is 25.8 Å². The molecule has 0 rings (SSSR count). The van der Waals surface area contributed by atoms with Crippen molar-refractivity contribution in [2.75, 3.05) is 6.54 Å². The largest absolute Gasteiger partial charge is 0.338 e. The van der Waals surface area contributed by atoms with Gasteiger partial charge in [-0.3, -0.25) is 4.79 Å². The van der Waals surface area contributed by atoms with Crippen molar-refractivity contribution in [2.45, 2.75) is 50.9 Å². The zero-order valence-electron chi connectivity index (χ0n) is 9.09. The summed E-state index contributed by atoms with van der Waals surface area (Å²) in [6.45, 7) is 6.83. The smallest absolute Gasteiger partial charge is 0.256 e. The monoisotopic (exact) mass is 239 g/mol. The van der Waals surface area contributed by atoms with Crippen molar-refractivity contribution >= 4 is 29.1 Å². The van der Waals surface area contributed by atoms with Crippen molar-refractivity contribution in [1.82, 2.24) is 4.90 Å². The molecule has 0 bridgehead atoms. The molecule has 0 saturated carbocycles. The number of alkyl halides is 2. The minimum Gasteiger partial charge on any atom is -0.338 e. The summed E-state index contributed by atoms with van der Waals surface area (Å²) in [6.07, 6.45) is 3.29. The number of carbonyl (C=O) groups excluding carboxylic acids is 1. The van der Waals surface area contributed by atoms with Gasteiger partial charge in [-0.1, -0.05) is 43.0 Å². The lowest BCUT2D eigenvalue weighted by molar-refractivity contribution is -0.131. The first-order valence-electron chi connectivity index (χ1n) is 5.09. The zero-order valence-corrected chi connectivity index (χ0v) is 10.6. The molecule has 0 aromatic carbocycles. The van der Waals surface area contributed by atoms with Gasteiger partial charge in [0.25, 0.3) is 5.91 Å². The molecule has 0 aromatic rings. The quantitative estimate of drug-likeness (QED) is 0.515. The number of hydrogen-bond donors (Lipinski definition) is 0. The summed E-state index contributed by atoms with van der Waals surface area (Å²) in [5.41, 5.74) is 0. The molecule has 84 valence electrons. The zero-order chi connectivity index (χ0) is 11.1. The lowest BCUT2D eigenvalue weighted by Crippen LogP contribution is -2.40. The number of hydrogen-bond acceptors (Lipinski definition) is 1. The van der Waals surface area contributed by atoms with Gasteiger partial charge in [0.15, 0.2) is 4.84 Å². The van der Waals surface area contributed by atoms with E-state index in [2.05, 4.69) is 6.92 Å². The Morgan fingerprint density at radius 2 is 1.86 bits per heavy atom. The van der Waals surface area contributed by atoms with Crippen LogP contribution >= 0.6 is 23.2 Å². The van der Waals surface area contributed by atoms with Crippen LogP contribution in [-0.4, -0.2) is 28.2 Å². The van der Waals surface area contributed by atoms with Gasteiger partial charge in [-0.05, 0) is 20.3 Å². The number of unbranched alkanes of at least 4 members (excludes halogenated alkanes) is 2. The van der Waals surface area contributed by atoms with E-state index >= 15 is 0 Å². The minimum atomic E-state index is -0.931. The van der Waals surface area contributed by atoms with Gasteiger partial charge in [-0.25, -0.2) is 0 Å². The minimum absolute atomic E-state index is 0.166. The first-order valence-corrected chi connectivity index (χ1v) is 5.96. The Hall–Kier alpha value is 0.0500. The van der Waals surface area contributed by atoms with Crippen molar-refractivity contribution in [3.63, 3.8) is 0 Å². The van der Waals surface area contributed by atoms with E-state index in [1.807, 2.05) is 13.8 Å². The van der Waals surface area contributed by atoms with Gasteiger partial charge in [0, 0.05) is 12.6 Å². The fourth-order valence-corrected chi connectivity index (χ4v) is 1.53. The summed E-state index contributed by atoms with van der Waals surface area (Å²) in [7, 11) is 0. The van der Waals surface area contributed by atoms with Crippen LogP contribution in [0.15, 0.2) is 0 Å². The summed E-state index contributed by atoms with van der Waals surface area (Å²) in [5, 5.41) is 0. The van der Waals surface area contributed by atoms with Crippen LogP contribution in [0.1, 0.15) is 40.0 Å². The second-order valence-corrected chi connectivity index (χ2v) is 4.73. The summed E-state index contributed by atoms with van der Waals surface area (Å²) < 4.78 is 0. The van der Waals surface area contributed by atoms with Gasteiger partial charge < -0.3 is 4.90 Å². The van der Waals surface area contributed by atoms with E-state index in [-0.39, 0.29) is 11.9 Å². The summed E-state index contributed by atoms with van der Waals surface area (Å²) in [6, 6.07) is 0.166. The molecule has 0 aliphatic carbocycles. The van der Waals surface area contributed by atoms with Gasteiger partial charge in [0.2, 0.25) is 0 Å². The van der Waals surface area contributed by atoms with Gasteiger partial charge in [-0.2, -0.15) is 0 Å². The molecule has 0 aliphatic rings. The van der Waals surface area contributed by atoms with Gasteiger partial charge in [-0.15, -0.1) is 0 Å². The molecule has 0 unspecified atom stereocenters. The summed E-state index contributed by atoms with van der Waals surface area (Å²) in [5.74, 6) is -0.181. The predicted molar refractivity (Wildman–Crippen MR) is 61.9 cm³/mol. The highest BCUT2D eigenvalue weighted by molar-refractivity contribution is 6.53. The summed E-state index contributed by atoms with van der Waals surface area (Å²) in [4.78, 5) is 12.3. The Bertz CT molecular complexity index is 172. The third-order valence-corrected chi connectivity index (χ3v) is 2.47. The summed E-state index contributed by atoms with van der Waals surface area (Å²) >= 11 is 11.1. The molecule has 0 N–H and O–H groups in total. The number of amides is 1. The predicted octanol–water partition coefficient (Wildman–Crippen LogP) is 3.22. The van der Waals surface area contributed by atoms with Crippen LogP contribution in [0.25, 0.3) is 0 Å². The van der Waals surface area contributed by atoms with Crippen molar-refractivity contribution in [3.8, 4) is 0 Å². The maximum atomic E-state index is 11.5. The molecular formula is C10H19Cl2NO. The molecular weight excluding hydrogens is 221 g/mol. The van der Waals surface area contributed by atoms with E-state index in [9.17, 15) is 4.79 Å². The van der Waals surface area contributed by atoms with Crippen LogP contribution in [0.2, 0.25) is 0 Å². The van der Waals surface area contributed by atoms with E-state index in [0.29, 0.717) is 0 Å². The Balaban J connectivity index is 4.09. The highest BCUT2D eigenvalue weighted by atomic mass is 35.5. The SMILES string of the molecule is CCCCCN(C(=O)C(Cl)Cl)C(C)C. The fraction of sp³-hybridized carbons (Fsp3) is 0.900. The average molecular weight is 240 g/mol. The molecule has 0 saturated heterocycles. The number of nitrogens with zero attached hydrogens (tertiary/aromatic N) is 1. The van der Waals surface area contributed by atoms with Crippen LogP contribution in [0.3, 0.4) is 0 Å². The Morgan fingerprint density at radius 3 is 2.21 bits per heavy atom. The first-order chi connectivity index (χ1) is 6.50.